The standard InChI is InChI=1S/C13H21F3N2O3/c1-2-3-12(11(20)21)4-6-18(7-5-12)10(19)8-17-9-13(14,15)16/h17H,2-9H2,1H3,(H,20,21). The van der Waals surface area contributed by atoms with E-state index in [-0.39, 0.29) is 19.6 Å². The fraction of sp³-hybridized carbons (Fsp3) is 0.846. The Hall–Kier alpha value is -1.31. The van der Waals surface area contributed by atoms with E-state index in [1.165, 1.54) is 4.90 Å². The van der Waals surface area contributed by atoms with Crippen LogP contribution in [0.5, 0.6) is 0 Å². The molecule has 122 valence electrons. The summed E-state index contributed by atoms with van der Waals surface area (Å²) < 4.78 is 35.9. The first kappa shape index (κ1) is 17.7. The lowest BCUT2D eigenvalue weighted by molar-refractivity contribution is -0.155. The number of carbonyl (C=O) groups is 2. The molecule has 0 aromatic heterocycles. The van der Waals surface area contributed by atoms with Crippen LogP contribution in [0.3, 0.4) is 0 Å². The number of aliphatic carboxylic acids is 1. The highest BCUT2D eigenvalue weighted by Gasteiger charge is 2.41. The molecule has 21 heavy (non-hydrogen) atoms. The molecule has 0 aromatic carbocycles. The van der Waals surface area contributed by atoms with Crippen molar-refractivity contribution in [3.05, 3.63) is 0 Å². The first-order valence-corrected chi connectivity index (χ1v) is 6.99. The van der Waals surface area contributed by atoms with Crippen molar-refractivity contribution in [2.24, 2.45) is 5.41 Å². The number of amides is 1. The lowest BCUT2D eigenvalue weighted by Gasteiger charge is -2.38. The average Bonchev–Trinajstić information content (AvgIpc) is 2.38. The largest absolute Gasteiger partial charge is 0.481 e. The molecule has 0 saturated carbocycles. The fourth-order valence-electron chi connectivity index (χ4n) is 2.66. The molecule has 0 radical (unpaired) electrons. The number of nitrogens with zero attached hydrogens (tertiary/aromatic N) is 1. The van der Waals surface area contributed by atoms with Crippen LogP contribution in [0.2, 0.25) is 0 Å². The number of hydrogen-bond donors (Lipinski definition) is 2. The minimum absolute atomic E-state index is 0.277. The summed E-state index contributed by atoms with van der Waals surface area (Å²) in [6, 6.07) is 0. The number of hydrogen-bond acceptors (Lipinski definition) is 3. The van der Waals surface area contributed by atoms with Gasteiger partial charge in [0.1, 0.15) is 0 Å². The second-order valence-electron chi connectivity index (χ2n) is 5.44. The third-order valence-corrected chi connectivity index (χ3v) is 3.86. The monoisotopic (exact) mass is 310 g/mol. The van der Waals surface area contributed by atoms with Gasteiger partial charge in [-0.25, -0.2) is 0 Å². The van der Waals surface area contributed by atoms with Crippen LogP contribution in [0.1, 0.15) is 32.6 Å². The summed E-state index contributed by atoms with van der Waals surface area (Å²) >= 11 is 0. The van der Waals surface area contributed by atoms with Crippen LogP contribution in [-0.4, -0.2) is 54.2 Å². The second-order valence-corrected chi connectivity index (χ2v) is 5.44. The second kappa shape index (κ2) is 7.11. The van der Waals surface area contributed by atoms with Crippen LogP contribution in [0.25, 0.3) is 0 Å². The molecule has 1 amide bonds. The Bertz CT molecular complexity index is 377. The number of halogens is 3. The summed E-state index contributed by atoms with van der Waals surface area (Å²) in [5.74, 6) is -1.28. The molecule has 1 rings (SSSR count). The summed E-state index contributed by atoms with van der Waals surface area (Å²) in [6.45, 7) is 0.871. The summed E-state index contributed by atoms with van der Waals surface area (Å²) in [5.41, 5.74) is -0.801. The number of carboxylic acid groups (broad SMARTS) is 1. The Kier molecular flexibility index (Phi) is 6.00. The quantitative estimate of drug-likeness (QED) is 0.782. The molecule has 0 aromatic rings. The van der Waals surface area contributed by atoms with Crippen molar-refractivity contribution < 1.29 is 27.9 Å². The summed E-state index contributed by atoms with van der Waals surface area (Å²) in [6.07, 6.45) is -2.35. The Morgan fingerprint density at radius 2 is 1.86 bits per heavy atom. The zero-order valence-electron chi connectivity index (χ0n) is 12.0. The number of alkyl halides is 3. The van der Waals surface area contributed by atoms with Crippen molar-refractivity contribution in [2.75, 3.05) is 26.2 Å². The summed E-state index contributed by atoms with van der Waals surface area (Å²) in [5, 5.41) is 11.4. The van der Waals surface area contributed by atoms with Gasteiger partial charge in [-0.05, 0) is 19.3 Å². The third-order valence-electron chi connectivity index (χ3n) is 3.86. The number of nitrogens with one attached hydrogen (secondary N) is 1. The van der Waals surface area contributed by atoms with Gasteiger partial charge in [-0.15, -0.1) is 0 Å². The van der Waals surface area contributed by atoms with Crippen molar-refractivity contribution in [2.45, 2.75) is 38.8 Å². The van der Waals surface area contributed by atoms with E-state index in [0.29, 0.717) is 19.3 Å². The van der Waals surface area contributed by atoms with Crippen LogP contribution in [0.15, 0.2) is 0 Å². The maximum atomic E-state index is 12.0. The van der Waals surface area contributed by atoms with Gasteiger partial charge in [0.05, 0.1) is 18.5 Å². The molecule has 1 saturated heterocycles. The van der Waals surface area contributed by atoms with Crippen molar-refractivity contribution in [1.82, 2.24) is 10.2 Å². The molecule has 1 fully saturated rings. The highest BCUT2D eigenvalue weighted by Crippen LogP contribution is 2.36. The lowest BCUT2D eigenvalue weighted by Crippen LogP contribution is -2.49. The zero-order valence-corrected chi connectivity index (χ0v) is 12.0. The van der Waals surface area contributed by atoms with Crippen LogP contribution in [0, 0.1) is 5.41 Å². The smallest absolute Gasteiger partial charge is 0.401 e. The van der Waals surface area contributed by atoms with E-state index in [1.54, 1.807) is 0 Å². The van der Waals surface area contributed by atoms with E-state index < -0.39 is 30.0 Å². The molecule has 2 N–H and O–H groups in total. The normalized spacial score (nSPS) is 18.6. The van der Waals surface area contributed by atoms with Gasteiger partial charge < -0.3 is 15.3 Å². The summed E-state index contributed by atoms with van der Waals surface area (Å²) in [4.78, 5) is 24.6. The van der Waals surface area contributed by atoms with E-state index in [9.17, 15) is 27.9 Å². The molecule has 0 atom stereocenters. The van der Waals surface area contributed by atoms with Crippen LogP contribution in [0.4, 0.5) is 13.2 Å². The maximum Gasteiger partial charge on any atom is 0.401 e. The van der Waals surface area contributed by atoms with Crippen LogP contribution in [-0.2, 0) is 9.59 Å². The molecular formula is C13H21F3N2O3. The number of carboxylic acids is 1. The highest BCUT2D eigenvalue weighted by atomic mass is 19.4. The molecule has 0 bridgehead atoms. The summed E-state index contributed by atoms with van der Waals surface area (Å²) in [7, 11) is 0. The number of rotatable bonds is 6. The zero-order chi connectivity index (χ0) is 16.1. The third kappa shape index (κ3) is 5.18. The van der Waals surface area contributed by atoms with Crippen LogP contribution < -0.4 is 5.32 Å². The SMILES string of the molecule is CCCC1(C(=O)O)CCN(C(=O)CNCC(F)(F)F)CC1. The van der Waals surface area contributed by atoms with Gasteiger partial charge in [-0.2, -0.15) is 13.2 Å². The van der Waals surface area contributed by atoms with Gasteiger partial charge in [-0.1, -0.05) is 13.3 Å². The Balaban J connectivity index is 2.44. The molecule has 1 heterocycles. The lowest BCUT2D eigenvalue weighted by atomic mass is 9.75. The first-order chi connectivity index (χ1) is 9.70. The van der Waals surface area contributed by atoms with Gasteiger partial charge in [-0.3, -0.25) is 9.59 Å². The molecule has 1 aliphatic heterocycles. The number of likely N-dealkylation sites (tertiary alicyclic amines) is 1. The molecule has 5 nitrogen and oxygen atoms in total. The van der Waals surface area contributed by atoms with E-state index in [4.69, 9.17) is 0 Å². The molecule has 0 aliphatic carbocycles. The minimum atomic E-state index is -4.35. The van der Waals surface area contributed by atoms with Gasteiger partial charge >= 0.3 is 12.1 Å². The number of carbonyl (C=O) groups excluding carboxylic acids is 1. The van der Waals surface area contributed by atoms with E-state index in [1.807, 2.05) is 6.92 Å². The van der Waals surface area contributed by atoms with E-state index in [2.05, 4.69) is 5.32 Å². The molecule has 8 heteroatoms. The van der Waals surface area contributed by atoms with E-state index >= 15 is 0 Å². The maximum absolute atomic E-state index is 12.0. The van der Waals surface area contributed by atoms with Crippen molar-refractivity contribution >= 4 is 11.9 Å². The average molecular weight is 310 g/mol. The molecular weight excluding hydrogens is 289 g/mol. The highest BCUT2D eigenvalue weighted by molar-refractivity contribution is 5.79. The van der Waals surface area contributed by atoms with Gasteiger partial charge in [0.25, 0.3) is 0 Å². The first-order valence-electron chi connectivity index (χ1n) is 6.99. The topological polar surface area (TPSA) is 69.6 Å². The van der Waals surface area contributed by atoms with Crippen LogP contribution >= 0.6 is 0 Å². The van der Waals surface area contributed by atoms with E-state index in [0.717, 1.165) is 6.42 Å². The van der Waals surface area contributed by atoms with Gasteiger partial charge in [0.15, 0.2) is 0 Å². The Morgan fingerprint density at radius 1 is 1.29 bits per heavy atom. The predicted octanol–water partition coefficient (Wildman–Crippen LogP) is 1.63. The molecule has 0 spiro atoms. The number of piperidine rings is 1. The molecule has 0 unspecified atom stereocenters. The molecule has 1 aliphatic rings. The van der Waals surface area contributed by atoms with Gasteiger partial charge in [0, 0.05) is 13.1 Å². The fourth-order valence-corrected chi connectivity index (χ4v) is 2.66. The Labute approximate surface area is 121 Å². The van der Waals surface area contributed by atoms with Crippen molar-refractivity contribution in [3.63, 3.8) is 0 Å². The minimum Gasteiger partial charge on any atom is -0.481 e. The Morgan fingerprint density at radius 3 is 2.29 bits per heavy atom. The van der Waals surface area contributed by atoms with Gasteiger partial charge in [0.2, 0.25) is 5.91 Å². The van der Waals surface area contributed by atoms with Crippen molar-refractivity contribution in [1.29, 1.82) is 0 Å². The van der Waals surface area contributed by atoms with Crippen molar-refractivity contribution in [3.8, 4) is 0 Å². The predicted molar refractivity (Wildman–Crippen MR) is 69.7 cm³/mol.